The zero-order valence-corrected chi connectivity index (χ0v) is 20.5. The van der Waals surface area contributed by atoms with Crippen LogP contribution in [0.4, 0.5) is 10.5 Å². The number of halogens is 1. The number of hydrogen-bond acceptors (Lipinski definition) is 5. The fraction of sp³-hybridized carbons (Fsp3) is 0.0690. The minimum Gasteiger partial charge on any atom is -0.497 e. The molecule has 4 aromatic rings. The zero-order valence-electron chi connectivity index (χ0n) is 19.7. The normalized spacial score (nSPS) is 14.7. The second kappa shape index (κ2) is 10.2. The fourth-order valence-corrected chi connectivity index (χ4v) is 4.32. The molecule has 1 N–H and O–H groups in total. The van der Waals surface area contributed by atoms with Gasteiger partial charge in [0.1, 0.15) is 23.7 Å². The number of imide groups is 2. The van der Waals surface area contributed by atoms with Gasteiger partial charge in [0.15, 0.2) is 0 Å². The van der Waals surface area contributed by atoms with Crippen LogP contribution in [-0.2, 0) is 16.2 Å². The standard InChI is InChI=1S/C29H21ClN2O5/c1-36-22-12-10-21(11-13-22)32-28(34)25(27(33)31-29(32)35)16-24-23-8-3-2-6-19(23)9-14-26(24)37-17-18-5-4-7-20(30)15-18/h2-16H,17H2,1H3,(H,31,33,35)/b25-16+. The number of urea groups is 1. The van der Waals surface area contributed by atoms with Gasteiger partial charge in [-0.1, -0.05) is 54.1 Å². The molecule has 0 unspecified atom stereocenters. The van der Waals surface area contributed by atoms with Gasteiger partial charge < -0.3 is 9.47 Å². The van der Waals surface area contributed by atoms with E-state index in [1.54, 1.807) is 42.5 Å². The van der Waals surface area contributed by atoms with Gasteiger partial charge in [-0.25, -0.2) is 9.69 Å². The number of methoxy groups -OCH3 is 1. The first-order valence-electron chi connectivity index (χ1n) is 11.4. The number of ether oxygens (including phenoxy) is 2. The van der Waals surface area contributed by atoms with E-state index < -0.39 is 17.8 Å². The molecule has 0 aliphatic carbocycles. The highest BCUT2D eigenvalue weighted by atomic mass is 35.5. The second-order valence-corrected chi connectivity index (χ2v) is 8.71. The van der Waals surface area contributed by atoms with Crippen molar-refractivity contribution in [3.05, 3.63) is 107 Å². The van der Waals surface area contributed by atoms with Gasteiger partial charge in [0.2, 0.25) is 0 Å². The number of hydrogen-bond donors (Lipinski definition) is 1. The second-order valence-electron chi connectivity index (χ2n) is 8.27. The molecule has 0 bridgehead atoms. The molecule has 5 rings (SSSR count). The predicted molar refractivity (Wildman–Crippen MR) is 142 cm³/mol. The highest BCUT2D eigenvalue weighted by Crippen LogP contribution is 2.32. The average Bonchev–Trinajstić information content (AvgIpc) is 2.90. The third kappa shape index (κ3) is 4.90. The summed E-state index contributed by atoms with van der Waals surface area (Å²) in [5.41, 5.74) is 1.51. The molecular formula is C29H21ClN2O5. The number of rotatable bonds is 6. The molecule has 8 heteroatoms. The number of nitrogens with one attached hydrogen (secondary N) is 1. The minimum atomic E-state index is -0.826. The largest absolute Gasteiger partial charge is 0.497 e. The summed E-state index contributed by atoms with van der Waals surface area (Å²) < 4.78 is 11.3. The van der Waals surface area contributed by atoms with E-state index in [4.69, 9.17) is 21.1 Å². The lowest BCUT2D eigenvalue weighted by atomic mass is 9.99. The van der Waals surface area contributed by atoms with E-state index in [-0.39, 0.29) is 12.2 Å². The van der Waals surface area contributed by atoms with Crippen LogP contribution in [0.1, 0.15) is 11.1 Å². The van der Waals surface area contributed by atoms with Crippen LogP contribution in [0.15, 0.2) is 90.5 Å². The van der Waals surface area contributed by atoms with Gasteiger partial charge in [-0.3, -0.25) is 14.9 Å². The molecule has 4 aromatic carbocycles. The van der Waals surface area contributed by atoms with Gasteiger partial charge >= 0.3 is 6.03 Å². The van der Waals surface area contributed by atoms with Crippen molar-refractivity contribution in [3.8, 4) is 11.5 Å². The van der Waals surface area contributed by atoms with E-state index >= 15 is 0 Å². The van der Waals surface area contributed by atoms with Crippen LogP contribution in [0.2, 0.25) is 5.02 Å². The van der Waals surface area contributed by atoms with E-state index in [9.17, 15) is 14.4 Å². The van der Waals surface area contributed by atoms with Crippen molar-refractivity contribution in [1.29, 1.82) is 0 Å². The first kappa shape index (κ1) is 24.1. The van der Waals surface area contributed by atoms with Crippen molar-refractivity contribution >= 4 is 52.0 Å². The Labute approximate surface area is 217 Å². The van der Waals surface area contributed by atoms with Crippen molar-refractivity contribution in [3.63, 3.8) is 0 Å². The fourth-order valence-electron chi connectivity index (χ4n) is 4.11. The molecular weight excluding hydrogens is 492 g/mol. The number of fused-ring (bicyclic) bond motifs is 1. The molecule has 184 valence electrons. The maximum atomic E-state index is 13.5. The Morgan fingerprint density at radius 3 is 2.46 bits per heavy atom. The van der Waals surface area contributed by atoms with Crippen LogP contribution in [0, 0.1) is 0 Å². The van der Waals surface area contributed by atoms with Crippen molar-refractivity contribution < 1.29 is 23.9 Å². The summed E-state index contributed by atoms with van der Waals surface area (Å²) in [6, 6.07) is 24.1. The van der Waals surface area contributed by atoms with E-state index in [2.05, 4.69) is 5.32 Å². The van der Waals surface area contributed by atoms with Gasteiger partial charge in [-0.2, -0.15) is 0 Å². The third-order valence-electron chi connectivity index (χ3n) is 5.94. The summed E-state index contributed by atoms with van der Waals surface area (Å²) in [7, 11) is 1.52. The van der Waals surface area contributed by atoms with Crippen molar-refractivity contribution in [2.24, 2.45) is 0 Å². The number of carbonyl (C=O) groups excluding carboxylic acids is 3. The Balaban J connectivity index is 1.56. The van der Waals surface area contributed by atoms with Gasteiger partial charge in [-0.05, 0) is 64.9 Å². The lowest BCUT2D eigenvalue weighted by molar-refractivity contribution is -0.122. The SMILES string of the molecule is COc1ccc(N2C(=O)NC(=O)/C(=C\c3c(OCc4cccc(Cl)c4)ccc4ccccc34)C2=O)cc1. The summed E-state index contributed by atoms with van der Waals surface area (Å²) >= 11 is 6.10. The Morgan fingerprint density at radius 2 is 1.70 bits per heavy atom. The van der Waals surface area contributed by atoms with Crippen molar-refractivity contribution in [2.75, 3.05) is 12.0 Å². The van der Waals surface area contributed by atoms with Crippen LogP contribution in [0.25, 0.3) is 16.8 Å². The maximum Gasteiger partial charge on any atom is 0.335 e. The zero-order chi connectivity index (χ0) is 25.9. The Bertz CT molecular complexity index is 1560. The third-order valence-corrected chi connectivity index (χ3v) is 6.17. The number of amides is 4. The molecule has 4 amide bonds. The summed E-state index contributed by atoms with van der Waals surface area (Å²) in [5, 5.41) is 4.54. The Morgan fingerprint density at radius 1 is 0.919 bits per heavy atom. The summed E-state index contributed by atoms with van der Waals surface area (Å²) in [6.07, 6.45) is 1.47. The maximum absolute atomic E-state index is 13.5. The molecule has 0 radical (unpaired) electrons. The van der Waals surface area contributed by atoms with Gasteiger partial charge in [0, 0.05) is 10.6 Å². The quantitative estimate of drug-likeness (QED) is 0.263. The average molecular weight is 513 g/mol. The number of barbiturate groups is 1. The summed E-state index contributed by atoms with van der Waals surface area (Å²) in [4.78, 5) is 39.8. The molecule has 0 aromatic heterocycles. The molecule has 37 heavy (non-hydrogen) atoms. The molecule has 0 spiro atoms. The van der Waals surface area contributed by atoms with Gasteiger partial charge in [0.05, 0.1) is 12.8 Å². The number of nitrogens with zero attached hydrogens (tertiary/aromatic N) is 1. The predicted octanol–water partition coefficient (Wildman–Crippen LogP) is 5.75. The number of carbonyl (C=O) groups is 3. The van der Waals surface area contributed by atoms with Crippen LogP contribution in [-0.4, -0.2) is 25.0 Å². The lowest BCUT2D eigenvalue weighted by Gasteiger charge is -2.26. The molecule has 0 atom stereocenters. The highest BCUT2D eigenvalue weighted by molar-refractivity contribution is 6.39. The number of anilines is 1. The number of benzene rings is 4. The van der Waals surface area contributed by atoms with Crippen LogP contribution in [0.3, 0.4) is 0 Å². The van der Waals surface area contributed by atoms with Crippen LogP contribution in [0.5, 0.6) is 11.5 Å². The topological polar surface area (TPSA) is 84.9 Å². The van der Waals surface area contributed by atoms with Gasteiger partial charge in [-0.15, -0.1) is 0 Å². The molecule has 7 nitrogen and oxygen atoms in total. The first-order valence-corrected chi connectivity index (χ1v) is 11.8. The molecule has 1 heterocycles. The van der Waals surface area contributed by atoms with Crippen molar-refractivity contribution in [1.82, 2.24) is 5.32 Å². The molecule has 1 fully saturated rings. The summed E-state index contributed by atoms with van der Waals surface area (Å²) in [5.74, 6) is -0.487. The van der Waals surface area contributed by atoms with E-state index in [1.807, 2.05) is 42.5 Å². The summed E-state index contributed by atoms with van der Waals surface area (Å²) in [6.45, 7) is 0.228. The minimum absolute atomic E-state index is 0.195. The lowest BCUT2D eigenvalue weighted by Crippen LogP contribution is -2.54. The Hall–Kier alpha value is -4.62. The van der Waals surface area contributed by atoms with Crippen LogP contribution < -0.4 is 19.7 Å². The van der Waals surface area contributed by atoms with E-state index in [1.165, 1.54) is 13.2 Å². The van der Waals surface area contributed by atoms with E-state index in [0.717, 1.165) is 21.2 Å². The van der Waals surface area contributed by atoms with Gasteiger partial charge in [0.25, 0.3) is 11.8 Å². The first-order chi connectivity index (χ1) is 17.9. The van der Waals surface area contributed by atoms with Crippen LogP contribution >= 0.6 is 11.6 Å². The monoisotopic (exact) mass is 512 g/mol. The smallest absolute Gasteiger partial charge is 0.335 e. The molecule has 1 aliphatic rings. The van der Waals surface area contributed by atoms with E-state index in [0.29, 0.717) is 27.8 Å². The van der Waals surface area contributed by atoms with Crippen molar-refractivity contribution in [2.45, 2.75) is 6.61 Å². The molecule has 0 saturated carbocycles. The highest BCUT2D eigenvalue weighted by Gasteiger charge is 2.37. The molecule has 1 saturated heterocycles. The Kier molecular flexibility index (Phi) is 6.62. The molecule has 1 aliphatic heterocycles.